The predicted octanol–water partition coefficient (Wildman–Crippen LogP) is 6.03. The second-order valence-electron chi connectivity index (χ2n) is 13.2. The van der Waals surface area contributed by atoms with E-state index >= 15 is 0 Å². The largest absolute Gasteiger partial charge is 0.444 e. The first-order chi connectivity index (χ1) is 22.7. The summed E-state index contributed by atoms with van der Waals surface area (Å²) in [5.41, 5.74) is 1.37. The highest BCUT2D eigenvalue weighted by molar-refractivity contribution is 5.92. The zero-order valence-electron chi connectivity index (χ0n) is 27.4. The topological polar surface area (TPSA) is 123 Å². The van der Waals surface area contributed by atoms with Gasteiger partial charge in [0.15, 0.2) is 0 Å². The summed E-state index contributed by atoms with van der Waals surface area (Å²) in [5, 5.41) is 5.53. The highest BCUT2D eigenvalue weighted by Crippen LogP contribution is 2.35. The Labute approximate surface area is 277 Å². The van der Waals surface area contributed by atoms with Crippen LogP contribution in [-0.2, 0) is 27.0 Å². The molecule has 3 amide bonds. The Morgan fingerprint density at radius 3 is 2.31 bits per heavy atom. The SMILES string of the molecule is C[C@@H](NC(=O)c1cncc(C2CCN(C(=O)C3COC3)CC2)n1)c1ccc(-c2cc(C(F)(F)F)ccc2CNC(=O)OC(C)(C)C)cc1. The zero-order chi connectivity index (χ0) is 34.6. The van der Waals surface area contributed by atoms with Crippen LogP contribution in [-0.4, -0.2) is 64.7 Å². The highest BCUT2D eigenvalue weighted by atomic mass is 19.4. The molecular formula is C35H40F3N5O5. The van der Waals surface area contributed by atoms with Crippen LogP contribution in [0, 0.1) is 5.92 Å². The number of carbonyl (C=O) groups is 3. The molecule has 0 saturated carbocycles. The summed E-state index contributed by atoms with van der Waals surface area (Å²) in [7, 11) is 0. The Morgan fingerprint density at radius 1 is 1.02 bits per heavy atom. The van der Waals surface area contributed by atoms with Crippen molar-refractivity contribution in [3.05, 3.63) is 82.9 Å². The van der Waals surface area contributed by atoms with Crippen LogP contribution in [0.5, 0.6) is 0 Å². The Balaban J connectivity index is 1.23. The normalized spacial score (nSPS) is 16.5. The third-order valence-corrected chi connectivity index (χ3v) is 8.43. The first-order valence-corrected chi connectivity index (χ1v) is 15.9. The van der Waals surface area contributed by atoms with Crippen LogP contribution in [0.25, 0.3) is 11.1 Å². The van der Waals surface area contributed by atoms with Gasteiger partial charge in [0.2, 0.25) is 5.91 Å². The molecule has 5 rings (SSSR count). The molecular weight excluding hydrogens is 627 g/mol. The van der Waals surface area contributed by atoms with E-state index in [1.807, 2.05) is 4.90 Å². The van der Waals surface area contributed by atoms with Crippen LogP contribution in [0.1, 0.15) is 85.4 Å². The van der Waals surface area contributed by atoms with Crippen LogP contribution < -0.4 is 10.6 Å². The summed E-state index contributed by atoms with van der Waals surface area (Å²) >= 11 is 0. The van der Waals surface area contributed by atoms with Crippen molar-refractivity contribution in [2.45, 2.75) is 70.8 Å². The van der Waals surface area contributed by atoms with Crippen molar-refractivity contribution in [1.29, 1.82) is 0 Å². The molecule has 1 atom stereocenters. The van der Waals surface area contributed by atoms with Crippen molar-refractivity contribution in [3.8, 4) is 11.1 Å². The summed E-state index contributed by atoms with van der Waals surface area (Å²) in [6.45, 7) is 9.11. The minimum absolute atomic E-state index is 0.0379. The number of alkyl halides is 3. The first kappa shape index (κ1) is 34.8. The van der Waals surface area contributed by atoms with E-state index < -0.39 is 35.4 Å². The summed E-state index contributed by atoms with van der Waals surface area (Å²) in [4.78, 5) is 48.6. The van der Waals surface area contributed by atoms with Crippen LogP contribution in [0.2, 0.25) is 0 Å². The van der Waals surface area contributed by atoms with Crippen molar-refractivity contribution < 1.29 is 37.0 Å². The van der Waals surface area contributed by atoms with Gasteiger partial charge in [0.1, 0.15) is 11.3 Å². The summed E-state index contributed by atoms with van der Waals surface area (Å²) in [6.07, 6.45) is -0.706. The molecule has 48 heavy (non-hydrogen) atoms. The monoisotopic (exact) mass is 667 g/mol. The van der Waals surface area contributed by atoms with Crippen molar-refractivity contribution in [2.24, 2.45) is 5.92 Å². The molecule has 2 aliphatic heterocycles. The standard InChI is InChI=1S/C35H40F3N5O5/c1-21(41-31(44)30-18-39-17-29(42-30)24-11-13-43(14-12-24)32(45)26-19-47-20-26)22-5-7-23(8-6-22)28-15-27(35(36,37)38)10-9-25(28)16-40-33(46)48-34(2,3)4/h5-10,15,17-18,21,24,26H,11-14,16,19-20H2,1-4H3,(H,40,46)(H,41,44)/t21-/m1/s1. The van der Waals surface area contributed by atoms with Gasteiger partial charge in [-0.15, -0.1) is 0 Å². The van der Waals surface area contributed by atoms with E-state index in [-0.39, 0.29) is 30.0 Å². The minimum atomic E-state index is -4.55. The van der Waals surface area contributed by atoms with Gasteiger partial charge in [-0.05, 0) is 74.9 Å². The molecule has 2 fully saturated rings. The molecule has 2 aliphatic rings. The van der Waals surface area contributed by atoms with Crippen molar-refractivity contribution >= 4 is 17.9 Å². The Morgan fingerprint density at radius 2 is 1.71 bits per heavy atom. The van der Waals surface area contributed by atoms with Gasteiger partial charge in [0.05, 0.1) is 42.6 Å². The van der Waals surface area contributed by atoms with E-state index in [1.54, 1.807) is 58.2 Å². The Bertz CT molecular complexity index is 1630. The summed E-state index contributed by atoms with van der Waals surface area (Å²) < 4.78 is 51.2. The molecule has 2 saturated heterocycles. The molecule has 0 radical (unpaired) electrons. The third kappa shape index (κ3) is 8.68. The van der Waals surface area contributed by atoms with Gasteiger partial charge in [0.25, 0.3) is 5.91 Å². The van der Waals surface area contributed by atoms with Gasteiger partial charge in [0, 0.05) is 31.7 Å². The lowest BCUT2D eigenvalue weighted by Crippen LogP contribution is -2.47. The molecule has 0 aliphatic carbocycles. The van der Waals surface area contributed by atoms with E-state index in [2.05, 4.69) is 20.6 Å². The maximum absolute atomic E-state index is 13.6. The fraction of sp³-hybridized carbons (Fsp3) is 0.457. The van der Waals surface area contributed by atoms with Gasteiger partial charge in [-0.25, -0.2) is 9.78 Å². The number of nitrogens with zero attached hydrogens (tertiary/aromatic N) is 3. The highest BCUT2D eigenvalue weighted by Gasteiger charge is 2.34. The van der Waals surface area contributed by atoms with Crippen molar-refractivity contribution in [1.82, 2.24) is 25.5 Å². The number of nitrogens with one attached hydrogen (secondary N) is 2. The molecule has 2 N–H and O–H groups in total. The average Bonchev–Trinajstić information content (AvgIpc) is 3.02. The fourth-order valence-electron chi connectivity index (χ4n) is 5.68. The van der Waals surface area contributed by atoms with E-state index in [1.165, 1.54) is 12.3 Å². The fourth-order valence-corrected chi connectivity index (χ4v) is 5.68. The van der Waals surface area contributed by atoms with Gasteiger partial charge in [-0.3, -0.25) is 14.6 Å². The van der Waals surface area contributed by atoms with Crippen LogP contribution in [0.4, 0.5) is 18.0 Å². The van der Waals surface area contributed by atoms with Crippen LogP contribution in [0.15, 0.2) is 54.9 Å². The maximum Gasteiger partial charge on any atom is 0.416 e. The Kier molecular flexibility index (Phi) is 10.4. The van der Waals surface area contributed by atoms with E-state index in [0.717, 1.165) is 30.5 Å². The number of halogens is 3. The van der Waals surface area contributed by atoms with Gasteiger partial charge >= 0.3 is 12.3 Å². The minimum Gasteiger partial charge on any atom is -0.444 e. The molecule has 3 aromatic rings. The number of benzene rings is 2. The number of likely N-dealkylation sites (tertiary alicyclic amines) is 1. The number of ether oxygens (including phenoxy) is 2. The van der Waals surface area contributed by atoms with Gasteiger partial charge in [-0.1, -0.05) is 30.3 Å². The molecule has 0 bridgehead atoms. The number of carbonyl (C=O) groups excluding carboxylic acids is 3. The second kappa shape index (κ2) is 14.3. The molecule has 0 spiro atoms. The van der Waals surface area contributed by atoms with Crippen molar-refractivity contribution in [3.63, 3.8) is 0 Å². The zero-order valence-corrected chi connectivity index (χ0v) is 27.4. The molecule has 256 valence electrons. The number of hydrogen-bond donors (Lipinski definition) is 2. The lowest BCUT2D eigenvalue weighted by molar-refractivity contribution is -0.151. The number of hydrogen-bond acceptors (Lipinski definition) is 7. The lowest BCUT2D eigenvalue weighted by Gasteiger charge is -2.36. The third-order valence-electron chi connectivity index (χ3n) is 8.43. The summed E-state index contributed by atoms with van der Waals surface area (Å²) in [6, 6.07) is 9.77. The molecule has 13 heteroatoms. The number of alkyl carbamates (subject to hydrolysis) is 1. The van der Waals surface area contributed by atoms with E-state index in [9.17, 15) is 27.6 Å². The summed E-state index contributed by atoms with van der Waals surface area (Å²) in [5.74, 6) is -0.243. The molecule has 0 unspecified atom stereocenters. The Hall–Kier alpha value is -4.52. The first-order valence-electron chi connectivity index (χ1n) is 15.9. The number of aromatic nitrogens is 2. The van der Waals surface area contributed by atoms with Gasteiger partial charge < -0.3 is 25.0 Å². The average molecular weight is 668 g/mol. The van der Waals surface area contributed by atoms with Crippen LogP contribution in [0.3, 0.4) is 0 Å². The predicted molar refractivity (Wildman–Crippen MR) is 171 cm³/mol. The smallest absolute Gasteiger partial charge is 0.416 e. The second-order valence-corrected chi connectivity index (χ2v) is 13.2. The van der Waals surface area contributed by atoms with Crippen LogP contribution >= 0.6 is 0 Å². The lowest BCUT2D eigenvalue weighted by atomic mass is 9.92. The maximum atomic E-state index is 13.6. The number of amides is 3. The quantitative estimate of drug-likeness (QED) is 0.301. The van der Waals surface area contributed by atoms with E-state index in [4.69, 9.17) is 9.47 Å². The molecule has 3 heterocycles. The molecule has 2 aromatic carbocycles. The van der Waals surface area contributed by atoms with E-state index in [0.29, 0.717) is 48.7 Å². The van der Waals surface area contributed by atoms with Crippen molar-refractivity contribution in [2.75, 3.05) is 26.3 Å². The van der Waals surface area contributed by atoms with Gasteiger partial charge in [-0.2, -0.15) is 13.2 Å². The molecule has 1 aromatic heterocycles. The molecule has 10 nitrogen and oxygen atoms in total. The number of rotatable bonds is 8. The number of piperidine rings is 1.